The number of pyridine rings is 1. The van der Waals surface area contributed by atoms with Crippen LogP contribution in [0.5, 0.6) is 0 Å². The first kappa shape index (κ1) is 16.4. The molecule has 7 nitrogen and oxygen atoms in total. The molecule has 0 radical (unpaired) electrons. The van der Waals surface area contributed by atoms with E-state index < -0.39 is 0 Å². The van der Waals surface area contributed by atoms with Crippen molar-refractivity contribution in [3.05, 3.63) is 53.9 Å². The second-order valence-corrected chi connectivity index (χ2v) is 6.78. The van der Waals surface area contributed by atoms with Crippen LogP contribution in [0.3, 0.4) is 0 Å². The Balaban J connectivity index is 1.90. The number of rotatable bonds is 3. The molecule has 1 aliphatic rings. The molecule has 0 saturated heterocycles. The minimum absolute atomic E-state index is 0.0343. The first-order valence-corrected chi connectivity index (χ1v) is 8.64. The molecule has 132 valence electrons. The van der Waals surface area contributed by atoms with Gasteiger partial charge >= 0.3 is 0 Å². The van der Waals surface area contributed by atoms with E-state index in [2.05, 4.69) is 34.2 Å². The number of carbonyl (C=O) groups is 1. The summed E-state index contributed by atoms with van der Waals surface area (Å²) in [6.45, 7) is 4.12. The second kappa shape index (κ2) is 6.33. The summed E-state index contributed by atoms with van der Waals surface area (Å²) in [6.07, 6.45) is 5.62. The summed E-state index contributed by atoms with van der Waals surface area (Å²) >= 11 is 0. The number of aryl methyl sites for hydroxylation is 1. The zero-order chi connectivity index (χ0) is 18.3. The molecule has 0 aliphatic carbocycles. The summed E-state index contributed by atoms with van der Waals surface area (Å²) in [5, 5.41) is 7.60. The largest absolute Gasteiger partial charge is 0.311 e. The molecule has 1 amide bonds. The summed E-state index contributed by atoms with van der Waals surface area (Å²) in [5.41, 5.74) is 3.57. The van der Waals surface area contributed by atoms with Crippen LogP contribution in [0.25, 0.3) is 11.3 Å². The van der Waals surface area contributed by atoms with Crippen molar-refractivity contribution in [3.8, 4) is 11.3 Å². The molecule has 1 atom stereocenters. The van der Waals surface area contributed by atoms with E-state index in [0.717, 1.165) is 34.2 Å². The van der Waals surface area contributed by atoms with Gasteiger partial charge in [0.15, 0.2) is 0 Å². The fraction of sp³-hybridized carbons (Fsp3) is 0.316. The number of nitrogens with one attached hydrogen (secondary N) is 1. The molecular weight excluding hydrogens is 328 g/mol. The predicted octanol–water partition coefficient (Wildman–Crippen LogP) is 2.87. The molecule has 4 heterocycles. The van der Waals surface area contributed by atoms with Crippen molar-refractivity contribution < 1.29 is 4.79 Å². The van der Waals surface area contributed by atoms with Gasteiger partial charge in [-0.2, -0.15) is 5.10 Å². The summed E-state index contributed by atoms with van der Waals surface area (Å²) in [7, 11) is 1.83. The molecule has 1 aliphatic heterocycles. The Bertz CT molecular complexity index is 963. The summed E-state index contributed by atoms with van der Waals surface area (Å²) in [4.78, 5) is 25.6. The number of aromatic nitrogens is 5. The van der Waals surface area contributed by atoms with Crippen molar-refractivity contribution >= 4 is 11.7 Å². The molecule has 3 aromatic rings. The van der Waals surface area contributed by atoms with E-state index in [1.807, 2.05) is 25.2 Å². The van der Waals surface area contributed by atoms with Crippen molar-refractivity contribution in [1.82, 2.24) is 24.7 Å². The first-order valence-electron chi connectivity index (χ1n) is 8.64. The average Bonchev–Trinajstić information content (AvgIpc) is 2.98. The van der Waals surface area contributed by atoms with E-state index in [1.165, 1.54) is 0 Å². The smallest absolute Gasteiger partial charge is 0.226 e. The monoisotopic (exact) mass is 348 g/mol. The summed E-state index contributed by atoms with van der Waals surface area (Å²) < 4.78 is 1.71. The van der Waals surface area contributed by atoms with Crippen molar-refractivity contribution in [2.75, 3.05) is 5.32 Å². The number of hydrogen-bond acceptors (Lipinski definition) is 5. The lowest BCUT2D eigenvalue weighted by Crippen LogP contribution is -2.25. The molecule has 4 rings (SSSR count). The number of fused-ring (bicyclic) bond motifs is 1. The van der Waals surface area contributed by atoms with E-state index in [0.29, 0.717) is 6.42 Å². The van der Waals surface area contributed by atoms with Gasteiger partial charge in [0.1, 0.15) is 11.6 Å². The number of anilines is 1. The zero-order valence-corrected chi connectivity index (χ0v) is 15.0. The van der Waals surface area contributed by atoms with Crippen LogP contribution in [0.1, 0.15) is 49.2 Å². The zero-order valence-electron chi connectivity index (χ0n) is 15.0. The molecule has 0 saturated carbocycles. The number of hydrogen-bond donors (Lipinski definition) is 1. The Kier molecular flexibility index (Phi) is 3.99. The van der Waals surface area contributed by atoms with Crippen LogP contribution in [-0.4, -0.2) is 30.6 Å². The lowest BCUT2D eigenvalue weighted by molar-refractivity contribution is -0.116. The molecule has 0 fully saturated rings. The minimum atomic E-state index is -0.164. The van der Waals surface area contributed by atoms with Gasteiger partial charge in [-0.05, 0) is 18.2 Å². The van der Waals surface area contributed by atoms with Crippen LogP contribution in [0.2, 0.25) is 0 Å². The third-order valence-corrected chi connectivity index (χ3v) is 4.58. The predicted molar refractivity (Wildman–Crippen MR) is 97.6 cm³/mol. The highest BCUT2D eigenvalue weighted by Gasteiger charge is 2.34. The van der Waals surface area contributed by atoms with E-state index in [1.54, 1.807) is 23.3 Å². The van der Waals surface area contributed by atoms with Gasteiger partial charge in [-0.1, -0.05) is 13.8 Å². The highest BCUT2D eigenvalue weighted by Crippen LogP contribution is 2.42. The minimum Gasteiger partial charge on any atom is -0.311 e. The van der Waals surface area contributed by atoms with Gasteiger partial charge in [0.05, 0.1) is 11.4 Å². The quantitative estimate of drug-likeness (QED) is 0.786. The third-order valence-electron chi connectivity index (χ3n) is 4.58. The highest BCUT2D eigenvalue weighted by molar-refractivity contribution is 5.96. The van der Waals surface area contributed by atoms with Gasteiger partial charge in [0.2, 0.25) is 5.91 Å². The lowest BCUT2D eigenvalue weighted by Gasteiger charge is -2.24. The van der Waals surface area contributed by atoms with Gasteiger partial charge in [-0.15, -0.1) is 0 Å². The Hall–Kier alpha value is -3.09. The number of nitrogens with zero attached hydrogens (tertiary/aromatic N) is 5. The first-order chi connectivity index (χ1) is 12.5. The Morgan fingerprint density at radius 1 is 1.27 bits per heavy atom. The van der Waals surface area contributed by atoms with Crippen LogP contribution in [0.4, 0.5) is 5.82 Å². The van der Waals surface area contributed by atoms with Gasteiger partial charge < -0.3 is 5.32 Å². The van der Waals surface area contributed by atoms with Crippen LogP contribution in [0, 0.1) is 0 Å². The fourth-order valence-corrected chi connectivity index (χ4v) is 3.32. The molecule has 0 bridgehead atoms. The maximum absolute atomic E-state index is 12.3. The van der Waals surface area contributed by atoms with Gasteiger partial charge in [-0.25, -0.2) is 9.97 Å². The standard InChI is InChI=1S/C19H20N6O/c1-11(2)18-21-8-6-14(22-18)13-9-15(26)23-19-16(13)17(24-25(19)3)12-5-4-7-20-10-12/h4-8,10-11,13H,9H2,1-3H3,(H,23,26). The van der Waals surface area contributed by atoms with Gasteiger partial charge in [0, 0.05) is 55.0 Å². The second-order valence-electron chi connectivity index (χ2n) is 6.78. The fourth-order valence-electron chi connectivity index (χ4n) is 3.32. The van der Waals surface area contributed by atoms with Crippen LogP contribution >= 0.6 is 0 Å². The van der Waals surface area contributed by atoms with Crippen LogP contribution < -0.4 is 5.32 Å². The van der Waals surface area contributed by atoms with Crippen molar-refractivity contribution in [1.29, 1.82) is 0 Å². The molecule has 0 spiro atoms. The summed E-state index contributed by atoms with van der Waals surface area (Å²) in [6, 6.07) is 5.75. The maximum atomic E-state index is 12.3. The SMILES string of the molecule is CC(C)c1nccc(C2CC(=O)Nc3c2c(-c2cccnc2)nn3C)n1. The molecular formula is C19H20N6O. The highest BCUT2D eigenvalue weighted by atomic mass is 16.1. The van der Waals surface area contributed by atoms with Crippen molar-refractivity contribution in [3.63, 3.8) is 0 Å². The molecule has 1 N–H and O–H groups in total. The average molecular weight is 348 g/mol. The van der Waals surface area contributed by atoms with Crippen LogP contribution in [0.15, 0.2) is 36.8 Å². The lowest BCUT2D eigenvalue weighted by atomic mass is 9.87. The van der Waals surface area contributed by atoms with E-state index >= 15 is 0 Å². The third kappa shape index (κ3) is 2.75. The number of carbonyl (C=O) groups excluding carboxylic acids is 1. The topological polar surface area (TPSA) is 85.6 Å². The Labute approximate surface area is 151 Å². The van der Waals surface area contributed by atoms with Crippen molar-refractivity contribution in [2.45, 2.75) is 32.1 Å². The Morgan fingerprint density at radius 2 is 2.12 bits per heavy atom. The Morgan fingerprint density at radius 3 is 2.85 bits per heavy atom. The normalized spacial score (nSPS) is 16.5. The molecule has 1 unspecified atom stereocenters. The van der Waals surface area contributed by atoms with Crippen molar-refractivity contribution in [2.24, 2.45) is 7.05 Å². The van der Waals surface area contributed by atoms with Crippen LogP contribution in [-0.2, 0) is 11.8 Å². The van der Waals surface area contributed by atoms with E-state index in [9.17, 15) is 4.79 Å². The molecule has 7 heteroatoms. The van der Waals surface area contributed by atoms with E-state index in [-0.39, 0.29) is 17.7 Å². The van der Waals surface area contributed by atoms with E-state index in [4.69, 9.17) is 4.98 Å². The molecule has 26 heavy (non-hydrogen) atoms. The summed E-state index contributed by atoms with van der Waals surface area (Å²) in [5.74, 6) is 1.52. The molecule has 3 aromatic heterocycles. The van der Waals surface area contributed by atoms with Gasteiger partial charge in [-0.3, -0.25) is 14.5 Å². The maximum Gasteiger partial charge on any atom is 0.226 e. The van der Waals surface area contributed by atoms with Gasteiger partial charge in [0.25, 0.3) is 0 Å². The number of amides is 1. The molecule has 0 aromatic carbocycles.